The van der Waals surface area contributed by atoms with Gasteiger partial charge in [0.2, 0.25) is 0 Å². The Hall–Kier alpha value is 0.991. The Kier molecular flexibility index (Phi) is 8.58. The summed E-state index contributed by atoms with van der Waals surface area (Å²) in [5.41, 5.74) is 3.15. The summed E-state index contributed by atoms with van der Waals surface area (Å²) in [6.07, 6.45) is 3.66. The monoisotopic (exact) mass is 242 g/mol. The van der Waals surface area contributed by atoms with Crippen LogP contribution in [0.4, 0.5) is 0 Å². The predicted octanol–water partition coefficient (Wildman–Crippen LogP) is -5.02. The first kappa shape index (κ1) is 14.5. The molecule has 0 aromatic rings. The molecular formula is C7H12Cl2SiTi. The molecule has 0 atom stereocenters. The Morgan fingerprint density at radius 1 is 1.36 bits per heavy atom. The predicted molar refractivity (Wildman–Crippen MR) is 41.0 cm³/mol. The van der Waals surface area contributed by atoms with Gasteiger partial charge in [0.1, 0.15) is 0 Å². The molecule has 0 N–H and O–H groups in total. The van der Waals surface area contributed by atoms with Crippen LogP contribution in [0, 0.1) is 0 Å². The van der Waals surface area contributed by atoms with Crippen molar-refractivity contribution in [1.82, 2.24) is 0 Å². The summed E-state index contributed by atoms with van der Waals surface area (Å²) in [6.45, 7) is 4.50. The largest absolute Gasteiger partial charge is 1.00 e. The van der Waals surface area contributed by atoms with E-state index in [0.29, 0.717) is 18.4 Å². The summed E-state index contributed by atoms with van der Waals surface area (Å²) in [5.74, 6) is 0. The minimum Gasteiger partial charge on any atom is -1.00 e. The van der Waals surface area contributed by atoms with E-state index in [1.165, 1.54) is 20.1 Å². The summed E-state index contributed by atoms with van der Waals surface area (Å²) >= 11 is 0.386. The van der Waals surface area contributed by atoms with E-state index in [0.717, 1.165) is 0 Å². The van der Waals surface area contributed by atoms with Crippen LogP contribution in [0.2, 0.25) is 0 Å². The second-order valence-corrected chi connectivity index (χ2v) is 6.23. The van der Waals surface area contributed by atoms with Crippen LogP contribution in [0.5, 0.6) is 0 Å². The smallest absolute Gasteiger partial charge is 1.00 e. The summed E-state index contributed by atoms with van der Waals surface area (Å²) in [4.78, 5) is 0. The number of hydrogen-bond acceptors (Lipinski definition) is 0. The molecule has 0 aliphatic heterocycles. The molecule has 62 valence electrons. The average Bonchev–Trinajstić information content (AvgIpc) is 2.15. The fourth-order valence-corrected chi connectivity index (χ4v) is 4.85. The number of allylic oxidation sites excluding steroid dienone is 4. The van der Waals surface area contributed by atoms with Crippen LogP contribution in [0.15, 0.2) is 21.1 Å². The summed E-state index contributed by atoms with van der Waals surface area (Å²) in [5, 5.41) is 0. The Morgan fingerprint density at radius 3 is 2.09 bits per heavy atom. The van der Waals surface area contributed by atoms with Gasteiger partial charge in [-0.15, -0.1) is 0 Å². The third-order valence-electron chi connectivity index (χ3n) is 1.96. The third-order valence-corrected chi connectivity index (χ3v) is 6.29. The van der Waals surface area contributed by atoms with Crippen molar-refractivity contribution in [2.75, 3.05) is 0 Å². The molecule has 0 nitrogen and oxygen atoms in total. The first-order valence-electron chi connectivity index (χ1n) is 3.30. The maximum atomic E-state index is 2.37. The van der Waals surface area contributed by atoms with E-state index in [1.807, 2.05) is 0 Å². The van der Waals surface area contributed by atoms with Gasteiger partial charge in [0.15, 0.2) is 0 Å². The van der Waals surface area contributed by atoms with Crippen molar-refractivity contribution in [3.8, 4) is 0 Å². The molecule has 0 fully saturated rings. The minimum absolute atomic E-state index is 0. The SMILES string of the molecule is CC1=CC[C]([Ti+2][SiH3])=C1C.[Cl-].[Cl-]. The van der Waals surface area contributed by atoms with Gasteiger partial charge >= 0.3 is 67.9 Å². The zero-order valence-electron chi connectivity index (χ0n) is 7.04. The second-order valence-electron chi connectivity index (χ2n) is 2.44. The Balaban J connectivity index is 0. The maximum Gasteiger partial charge on any atom is -1.00 e. The molecule has 0 saturated carbocycles. The van der Waals surface area contributed by atoms with Crippen molar-refractivity contribution in [2.24, 2.45) is 0 Å². The van der Waals surface area contributed by atoms with E-state index >= 15 is 0 Å². The Labute approximate surface area is 92.3 Å². The van der Waals surface area contributed by atoms with Crippen LogP contribution in [0.25, 0.3) is 0 Å². The molecule has 0 heterocycles. The van der Waals surface area contributed by atoms with Crippen molar-refractivity contribution < 1.29 is 43.2 Å². The van der Waals surface area contributed by atoms with E-state index < -0.39 is 0 Å². The number of halogens is 2. The van der Waals surface area contributed by atoms with Crippen molar-refractivity contribution in [3.63, 3.8) is 0 Å². The average molecular weight is 243 g/mol. The summed E-state index contributed by atoms with van der Waals surface area (Å²) < 4.78 is 1.80. The van der Waals surface area contributed by atoms with Gasteiger partial charge < -0.3 is 24.8 Å². The molecular weight excluding hydrogens is 231 g/mol. The van der Waals surface area contributed by atoms with Crippen LogP contribution < -0.4 is 24.8 Å². The van der Waals surface area contributed by atoms with Crippen molar-refractivity contribution in [1.29, 1.82) is 0 Å². The molecule has 0 radical (unpaired) electrons. The van der Waals surface area contributed by atoms with Gasteiger partial charge in [0.25, 0.3) is 0 Å². The van der Waals surface area contributed by atoms with Crippen LogP contribution >= 0.6 is 0 Å². The third kappa shape index (κ3) is 3.47. The minimum atomic E-state index is 0. The Morgan fingerprint density at radius 2 is 1.91 bits per heavy atom. The molecule has 1 rings (SSSR count). The van der Waals surface area contributed by atoms with Crippen LogP contribution in [-0.4, -0.2) is 8.11 Å². The van der Waals surface area contributed by atoms with E-state index in [2.05, 4.69) is 19.9 Å². The molecule has 0 spiro atoms. The summed E-state index contributed by atoms with van der Waals surface area (Å²) in [6, 6.07) is 0. The molecule has 11 heavy (non-hydrogen) atoms. The van der Waals surface area contributed by atoms with Crippen LogP contribution in [0.3, 0.4) is 0 Å². The van der Waals surface area contributed by atoms with Crippen molar-refractivity contribution in [3.05, 3.63) is 21.1 Å². The molecule has 1 aliphatic rings. The quantitative estimate of drug-likeness (QED) is 0.404. The van der Waals surface area contributed by atoms with Crippen molar-refractivity contribution in [2.45, 2.75) is 20.3 Å². The van der Waals surface area contributed by atoms with Crippen LogP contribution in [0.1, 0.15) is 20.3 Å². The first-order chi connectivity index (χ1) is 4.25. The van der Waals surface area contributed by atoms with Gasteiger partial charge in [-0.2, -0.15) is 0 Å². The molecule has 0 aromatic carbocycles. The molecule has 0 aromatic heterocycles. The topological polar surface area (TPSA) is 0 Å². The van der Waals surface area contributed by atoms with Gasteiger partial charge in [-0.05, 0) is 0 Å². The molecule has 0 amide bonds. The molecule has 0 bridgehead atoms. The summed E-state index contributed by atoms with van der Waals surface area (Å²) in [7, 11) is 1.44. The molecule has 4 heteroatoms. The van der Waals surface area contributed by atoms with Gasteiger partial charge in [-0.1, -0.05) is 0 Å². The van der Waals surface area contributed by atoms with Gasteiger partial charge in [-0.3, -0.25) is 0 Å². The molecule has 1 aliphatic carbocycles. The zero-order valence-corrected chi connectivity index (χ0v) is 12.1. The fourth-order valence-electron chi connectivity index (χ4n) is 1.09. The normalized spacial score (nSPS) is 14.9. The van der Waals surface area contributed by atoms with E-state index in [1.54, 1.807) is 9.45 Å². The van der Waals surface area contributed by atoms with Gasteiger partial charge in [0.05, 0.1) is 0 Å². The van der Waals surface area contributed by atoms with Crippen molar-refractivity contribution >= 4 is 8.11 Å². The Bertz CT molecular complexity index is 187. The van der Waals surface area contributed by atoms with E-state index in [4.69, 9.17) is 0 Å². The first-order valence-corrected chi connectivity index (χ1v) is 9.77. The number of rotatable bonds is 1. The van der Waals surface area contributed by atoms with Gasteiger partial charge in [0, 0.05) is 0 Å². The molecule has 0 unspecified atom stereocenters. The molecule has 0 saturated heterocycles. The van der Waals surface area contributed by atoms with E-state index in [9.17, 15) is 0 Å². The standard InChI is InChI=1S/C7H9.2ClH.H3Si.Ti/c1-6-4-3-5-7(6)2;;;;/h4H,3H2,1-2H3;2*1H;1H3;/q;;;;+2/p-2. The zero-order chi connectivity index (χ0) is 6.85. The fraction of sp³-hybridized carbons (Fsp3) is 0.429. The van der Waals surface area contributed by atoms with Crippen LogP contribution in [-0.2, 0) is 18.4 Å². The second kappa shape index (κ2) is 6.50. The maximum absolute atomic E-state index is 2.37. The number of hydrogen-bond donors (Lipinski definition) is 0. The van der Waals surface area contributed by atoms with E-state index in [-0.39, 0.29) is 24.8 Å². The van der Waals surface area contributed by atoms with Gasteiger partial charge in [-0.25, -0.2) is 0 Å².